The Bertz CT molecular complexity index is 399. The number of Topliss-reactive ketones (excluding diaryl/α,β-unsaturated/α-hetero) is 1. The number of ketones is 1. The second-order valence-corrected chi connectivity index (χ2v) is 5.04. The quantitative estimate of drug-likeness (QED) is 0.649. The highest BCUT2D eigenvalue weighted by Gasteiger charge is 2.20. The first-order chi connectivity index (χ1) is 6.98. The van der Waals surface area contributed by atoms with Gasteiger partial charge in [-0.1, -0.05) is 39.0 Å². The van der Waals surface area contributed by atoms with Gasteiger partial charge in [0.05, 0.1) is 6.61 Å². The van der Waals surface area contributed by atoms with Crippen LogP contribution in [0.4, 0.5) is 0 Å². The summed E-state index contributed by atoms with van der Waals surface area (Å²) in [5, 5.41) is 0. The molecule has 2 rings (SSSR count). The summed E-state index contributed by atoms with van der Waals surface area (Å²) in [5.74, 6) is 0.0942. The second kappa shape index (κ2) is 3.46. The van der Waals surface area contributed by atoms with Gasteiger partial charge < -0.3 is 4.74 Å². The van der Waals surface area contributed by atoms with E-state index in [1.165, 1.54) is 5.56 Å². The first-order valence-electron chi connectivity index (χ1n) is 5.23. The fraction of sp³-hybridized carbons (Fsp3) is 0.462. The Morgan fingerprint density at radius 2 is 1.93 bits per heavy atom. The van der Waals surface area contributed by atoms with Crippen molar-refractivity contribution < 1.29 is 9.53 Å². The minimum absolute atomic E-state index is 0.0942. The monoisotopic (exact) mass is 204 g/mol. The molecule has 1 aliphatic rings. The molecule has 0 N–H and O–H groups in total. The second-order valence-electron chi connectivity index (χ2n) is 5.04. The van der Waals surface area contributed by atoms with E-state index in [9.17, 15) is 4.79 Å². The van der Waals surface area contributed by atoms with Gasteiger partial charge in [-0.15, -0.1) is 0 Å². The summed E-state index contributed by atoms with van der Waals surface area (Å²) in [7, 11) is 0. The van der Waals surface area contributed by atoms with E-state index in [1.807, 2.05) is 12.1 Å². The lowest BCUT2D eigenvalue weighted by atomic mass is 9.84. The van der Waals surface area contributed by atoms with Gasteiger partial charge in [0.25, 0.3) is 0 Å². The highest BCUT2D eigenvalue weighted by molar-refractivity contribution is 5.99. The summed E-state index contributed by atoms with van der Waals surface area (Å²) in [4.78, 5) is 11.5. The SMILES string of the molecule is CC(C)(C)c1ccc2c(c1)COCC2=O. The van der Waals surface area contributed by atoms with Crippen molar-refractivity contribution >= 4 is 5.78 Å². The van der Waals surface area contributed by atoms with Gasteiger partial charge in [0.2, 0.25) is 0 Å². The molecule has 0 saturated heterocycles. The lowest BCUT2D eigenvalue weighted by Crippen LogP contribution is -2.20. The van der Waals surface area contributed by atoms with Crippen molar-refractivity contribution in [1.29, 1.82) is 0 Å². The Morgan fingerprint density at radius 1 is 1.20 bits per heavy atom. The van der Waals surface area contributed by atoms with Gasteiger partial charge in [-0.3, -0.25) is 4.79 Å². The van der Waals surface area contributed by atoms with Crippen molar-refractivity contribution in [3.05, 3.63) is 34.9 Å². The highest BCUT2D eigenvalue weighted by Crippen LogP contribution is 2.26. The van der Waals surface area contributed by atoms with Crippen LogP contribution in [-0.2, 0) is 16.8 Å². The third-order valence-electron chi connectivity index (χ3n) is 2.76. The molecule has 1 aromatic rings. The predicted octanol–water partition coefficient (Wildman–Crippen LogP) is 2.70. The van der Waals surface area contributed by atoms with Gasteiger partial charge in [0.1, 0.15) is 6.61 Å². The molecule has 1 aliphatic heterocycles. The first kappa shape index (κ1) is 10.4. The molecular weight excluding hydrogens is 188 g/mol. The third-order valence-corrected chi connectivity index (χ3v) is 2.76. The Labute approximate surface area is 90.3 Å². The number of carbonyl (C=O) groups is 1. The fourth-order valence-electron chi connectivity index (χ4n) is 1.78. The molecule has 80 valence electrons. The zero-order valence-corrected chi connectivity index (χ0v) is 9.46. The van der Waals surface area contributed by atoms with Crippen LogP contribution in [-0.4, -0.2) is 12.4 Å². The number of ether oxygens (including phenoxy) is 1. The van der Waals surface area contributed by atoms with E-state index in [4.69, 9.17) is 4.74 Å². The van der Waals surface area contributed by atoms with E-state index < -0.39 is 0 Å². The number of hydrogen-bond acceptors (Lipinski definition) is 2. The Morgan fingerprint density at radius 3 is 2.60 bits per heavy atom. The molecule has 0 unspecified atom stereocenters. The Kier molecular flexibility index (Phi) is 2.39. The lowest BCUT2D eigenvalue weighted by molar-refractivity contribution is 0.0665. The molecular formula is C13H16O2. The van der Waals surface area contributed by atoms with E-state index in [-0.39, 0.29) is 17.8 Å². The summed E-state index contributed by atoms with van der Waals surface area (Å²) in [6.07, 6.45) is 0. The molecule has 0 radical (unpaired) electrons. The van der Waals surface area contributed by atoms with Crippen LogP contribution in [0.25, 0.3) is 0 Å². The molecule has 0 fully saturated rings. The predicted molar refractivity (Wildman–Crippen MR) is 59.1 cm³/mol. The van der Waals surface area contributed by atoms with Crippen LogP contribution in [0.3, 0.4) is 0 Å². The Hall–Kier alpha value is -1.15. The van der Waals surface area contributed by atoms with Crippen molar-refractivity contribution in [2.75, 3.05) is 6.61 Å². The van der Waals surface area contributed by atoms with Crippen LogP contribution in [0.5, 0.6) is 0 Å². The van der Waals surface area contributed by atoms with Crippen molar-refractivity contribution in [1.82, 2.24) is 0 Å². The number of carbonyl (C=O) groups excluding carboxylic acids is 1. The standard InChI is InChI=1S/C13H16O2/c1-13(2,3)10-4-5-11-9(6-10)7-15-8-12(11)14/h4-6H,7-8H2,1-3H3. The summed E-state index contributed by atoms with van der Waals surface area (Å²) in [6, 6.07) is 6.06. The molecule has 0 saturated carbocycles. The topological polar surface area (TPSA) is 26.3 Å². The number of hydrogen-bond donors (Lipinski definition) is 0. The normalized spacial score (nSPS) is 16.3. The third kappa shape index (κ3) is 1.95. The molecule has 0 bridgehead atoms. The van der Waals surface area contributed by atoms with Crippen LogP contribution in [0.1, 0.15) is 42.3 Å². The summed E-state index contributed by atoms with van der Waals surface area (Å²) in [5.41, 5.74) is 3.22. The van der Waals surface area contributed by atoms with E-state index >= 15 is 0 Å². The maximum atomic E-state index is 11.5. The van der Waals surface area contributed by atoms with Gasteiger partial charge in [-0.25, -0.2) is 0 Å². The van der Waals surface area contributed by atoms with Crippen molar-refractivity contribution in [2.24, 2.45) is 0 Å². The largest absolute Gasteiger partial charge is 0.369 e. The van der Waals surface area contributed by atoms with Crippen LogP contribution in [0.2, 0.25) is 0 Å². The van der Waals surface area contributed by atoms with Crippen LogP contribution < -0.4 is 0 Å². The summed E-state index contributed by atoms with van der Waals surface area (Å²) >= 11 is 0. The van der Waals surface area contributed by atoms with Crippen LogP contribution in [0.15, 0.2) is 18.2 Å². The molecule has 15 heavy (non-hydrogen) atoms. The van der Waals surface area contributed by atoms with Gasteiger partial charge in [-0.05, 0) is 16.5 Å². The lowest BCUT2D eigenvalue weighted by Gasteiger charge is -2.22. The maximum Gasteiger partial charge on any atom is 0.188 e. The molecule has 2 nitrogen and oxygen atoms in total. The molecule has 1 heterocycles. The molecule has 0 spiro atoms. The van der Waals surface area contributed by atoms with Crippen LogP contribution >= 0.6 is 0 Å². The summed E-state index contributed by atoms with van der Waals surface area (Å²) < 4.78 is 5.23. The molecule has 2 heteroatoms. The van der Waals surface area contributed by atoms with Gasteiger partial charge in [0, 0.05) is 5.56 Å². The summed E-state index contributed by atoms with van der Waals surface area (Å²) in [6.45, 7) is 7.29. The van der Waals surface area contributed by atoms with Gasteiger partial charge >= 0.3 is 0 Å². The molecule has 0 amide bonds. The van der Waals surface area contributed by atoms with Crippen molar-refractivity contribution in [3.63, 3.8) is 0 Å². The zero-order chi connectivity index (χ0) is 11.1. The molecule has 1 aromatic carbocycles. The number of fused-ring (bicyclic) bond motifs is 1. The van der Waals surface area contributed by atoms with E-state index in [0.717, 1.165) is 11.1 Å². The fourth-order valence-corrected chi connectivity index (χ4v) is 1.78. The van der Waals surface area contributed by atoms with Gasteiger partial charge in [0.15, 0.2) is 5.78 Å². The zero-order valence-electron chi connectivity index (χ0n) is 9.46. The average Bonchev–Trinajstić information content (AvgIpc) is 2.16. The molecule has 0 aromatic heterocycles. The maximum absolute atomic E-state index is 11.5. The smallest absolute Gasteiger partial charge is 0.188 e. The average molecular weight is 204 g/mol. The first-order valence-corrected chi connectivity index (χ1v) is 5.23. The van der Waals surface area contributed by atoms with E-state index in [0.29, 0.717) is 6.61 Å². The Balaban J connectivity index is 2.46. The number of benzene rings is 1. The van der Waals surface area contributed by atoms with Crippen molar-refractivity contribution in [3.8, 4) is 0 Å². The van der Waals surface area contributed by atoms with Crippen molar-refractivity contribution in [2.45, 2.75) is 32.8 Å². The van der Waals surface area contributed by atoms with E-state index in [1.54, 1.807) is 0 Å². The minimum atomic E-state index is 0.0942. The van der Waals surface area contributed by atoms with Crippen LogP contribution in [0, 0.1) is 0 Å². The molecule has 0 atom stereocenters. The van der Waals surface area contributed by atoms with Gasteiger partial charge in [-0.2, -0.15) is 0 Å². The van der Waals surface area contributed by atoms with E-state index in [2.05, 4.69) is 26.8 Å². The number of rotatable bonds is 0. The highest BCUT2D eigenvalue weighted by atomic mass is 16.5. The molecule has 0 aliphatic carbocycles. The minimum Gasteiger partial charge on any atom is -0.369 e.